The highest BCUT2D eigenvalue weighted by Gasteiger charge is 2.17. The lowest BCUT2D eigenvalue weighted by Gasteiger charge is -2.15. The largest absolute Gasteiger partial charge is 0.315 e. The Bertz CT molecular complexity index is 1240. The molecule has 0 radical (unpaired) electrons. The number of benzene rings is 2. The van der Waals surface area contributed by atoms with E-state index >= 15 is 0 Å². The molecule has 0 saturated carbocycles. The van der Waals surface area contributed by atoms with Crippen LogP contribution in [0, 0.1) is 0 Å². The van der Waals surface area contributed by atoms with Crippen molar-refractivity contribution < 1.29 is 8.42 Å². The van der Waals surface area contributed by atoms with Gasteiger partial charge in [0.2, 0.25) is 10.0 Å². The molecule has 0 aliphatic heterocycles. The van der Waals surface area contributed by atoms with E-state index in [1.54, 1.807) is 30.6 Å². The molecule has 6 nitrogen and oxygen atoms in total. The van der Waals surface area contributed by atoms with E-state index in [-0.39, 0.29) is 10.9 Å². The number of rotatable bonds is 8. The molecule has 0 aliphatic rings. The van der Waals surface area contributed by atoms with Crippen molar-refractivity contribution in [3.8, 4) is 0 Å². The lowest BCUT2D eigenvalue weighted by molar-refractivity contribution is 0.537. The molecule has 150 valence electrons. The zero-order valence-corrected chi connectivity index (χ0v) is 17.6. The summed E-state index contributed by atoms with van der Waals surface area (Å²) in [6.45, 7) is 3.13. The van der Waals surface area contributed by atoms with Crippen molar-refractivity contribution >= 4 is 42.4 Å². The van der Waals surface area contributed by atoms with Crippen molar-refractivity contribution in [3.63, 3.8) is 0 Å². The molecule has 4 aromatic rings. The van der Waals surface area contributed by atoms with E-state index in [1.807, 2.05) is 25.1 Å². The summed E-state index contributed by atoms with van der Waals surface area (Å²) in [5.41, 5.74) is 1.08. The monoisotopic (exact) mass is 426 g/mol. The van der Waals surface area contributed by atoms with Gasteiger partial charge in [-0.15, -0.1) is 0 Å². The predicted octanol–water partition coefficient (Wildman–Crippen LogP) is 3.34. The van der Waals surface area contributed by atoms with Crippen LogP contribution < -0.4 is 10.0 Å². The van der Waals surface area contributed by atoms with Gasteiger partial charge in [-0.25, -0.2) is 13.1 Å². The third kappa shape index (κ3) is 4.62. The molecule has 2 N–H and O–H groups in total. The van der Waals surface area contributed by atoms with Gasteiger partial charge in [0.1, 0.15) is 0 Å². The Morgan fingerprint density at radius 1 is 1.10 bits per heavy atom. The molecule has 0 amide bonds. The van der Waals surface area contributed by atoms with Crippen molar-refractivity contribution in [1.82, 2.24) is 19.4 Å². The van der Waals surface area contributed by atoms with Crippen molar-refractivity contribution in [2.75, 3.05) is 13.1 Å². The number of aromatic nitrogens is 2. The zero-order valence-electron chi connectivity index (χ0n) is 16.0. The summed E-state index contributed by atoms with van der Waals surface area (Å²) in [4.78, 5) is 4.31. The Labute approximate surface area is 174 Å². The maximum Gasteiger partial charge on any atom is 0.240 e. The highest BCUT2D eigenvalue weighted by Crippen LogP contribution is 2.22. The van der Waals surface area contributed by atoms with E-state index in [0.29, 0.717) is 6.54 Å². The third-order valence-electron chi connectivity index (χ3n) is 4.72. The molecule has 0 fully saturated rings. The first kappa shape index (κ1) is 19.9. The van der Waals surface area contributed by atoms with Crippen molar-refractivity contribution in [3.05, 3.63) is 66.6 Å². The second-order valence-corrected chi connectivity index (χ2v) is 9.51. The van der Waals surface area contributed by atoms with E-state index in [1.165, 1.54) is 21.6 Å². The maximum absolute atomic E-state index is 12.7. The number of nitrogens with zero attached hydrogens (tertiary/aromatic N) is 2. The number of sulfonamides is 1. The van der Waals surface area contributed by atoms with E-state index in [0.717, 1.165) is 29.4 Å². The minimum Gasteiger partial charge on any atom is -0.315 e. The van der Waals surface area contributed by atoms with Crippen LogP contribution in [0.4, 0.5) is 0 Å². The average molecular weight is 427 g/mol. The first-order valence-corrected chi connectivity index (χ1v) is 11.7. The molecule has 2 aromatic heterocycles. The van der Waals surface area contributed by atoms with E-state index in [2.05, 4.69) is 31.5 Å². The van der Waals surface area contributed by atoms with Crippen LogP contribution in [0.3, 0.4) is 0 Å². The van der Waals surface area contributed by atoms with E-state index in [9.17, 15) is 8.42 Å². The number of hydrogen-bond acceptors (Lipinski definition) is 6. The molecular weight excluding hydrogens is 404 g/mol. The molecule has 1 unspecified atom stereocenters. The molecule has 29 heavy (non-hydrogen) atoms. The Morgan fingerprint density at radius 3 is 2.86 bits per heavy atom. The summed E-state index contributed by atoms with van der Waals surface area (Å²) in [5, 5.41) is 6.28. The van der Waals surface area contributed by atoms with Crippen LogP contribution in [0.2, 0.25) is 0 Å². The topological polar surface area (TPSA) is 84.0 Å². The van der Waals surface area contributed by atoms with Crippen LogP contribution in [0.25, 0.3) is 20.9 Å². The summed E-state index contributed by atoms with van der Waals surface area (Å²) in [6.07, 6.45) is 4.18. The van der Waals surface area contributed by atoms with Gasteiger partial charge in [-0.05, 0) is 48.1 Å². The highest BCUT2D eigenvalue weighted by molar-refractivity contribution is 7.89. The molecule has 4 rings (SSSR count). The molecule has 0 spiro atoms. The molecule has 2 aromatic carbocycles. The summed E-state index contributed by atoms with van der Waals surface area (Å²) < 4.78 is 33.8. The lowest BCUT2D eigenvalue weighted by atomic mass is 10.2. The smallest absolute Gasteiger partial charge is 0.240 e. The van der Waals surface area contributed by atoms with E-state index < -0.39 is 10.0 Å². The van der Waals surface area contributed by atoms with Gasteiger partial charge < -0.3 is 5.32 Å². The maximum atomic E-state index is 12.7. The fourth-order valence-corrected chi connectivity index (χ4v) is 5.35. The van der Waals surface area contributed by atoms with Crippen LogP contribution in [-0.4, -0.2) is 36.9 Å². The Kier molecular flexibility index (Phi) is 5.86. The average Bonchev–Trinajstić information content (AvgIpc) is 3.14. The summed E-state index contributed by atoms with van der Waals surface area (Å²) >= 11 is 1.51. The summed E-state index contributed by atoms with van der Waals surface area (Å²) in [7, 11) is -3.58. The van der Waals surface area contributed by atoms with E-state index in [4.69, 9.17) is 0 Å². The van der Waals surface area contributed by atoms with Crippen molar-refractivity contribution in [2.24, 2.45) is 0 Å². The Balaban J connectivity index is 1.32. The normalized spacial score (nSPS) is 13.1. The van der Waals surface area contributed by atoms with Crippen LogP contribution in [0.15, 0.2) is 65.8 Å². The van der Waals surface area contributed by atoms with Gasteiger partial charge in [-0.2, -0.15) is 4.37 Å². The van der Waals surface area contributed by atoms with Gasteiger partial charge in [0, 0.05) is 48.7 Å². The van der Waals surface area contributed by atoms with Gasteiger partial charge >= 0.3 is 0 Å². The second kappa shape index (κ2) is 8.54. The fraction of sp³-hybridized carbons (Fsp3) is 0.238. The molecule has 1 atom stereocenters. The van der Waals surface area contributed by atoms with Crippen LogP contribution >= 0.6 is 11.5 Å². The molecule has 0 aliphatic carbocycles. The minimum atomic E-state index is -3.58. The van der Waals surface area contributed by atoms with Gasteiger partial charge in [0.25, 0.3) is 0 Å². The number of hydrogen-bond donors (Lipinski definition) is 2. The second-order valence-electron chi connectivity index (χ2n) is 6.99. The number of nitrogens with one attached hydrogen (secondary N) is 2. The number of fused-ring (bicyclic) bond motifs is 2. The quantitative estimate of drug-likeness (QED) is 0.422. The molecule has 0 bridgehead atoms. The molecule has 8 heteroatoms. The molecular formula is C21H22N4O2S2. The first-order chi connectivity index (χ1) is 14.0. The Morgan fingerprint density at radius 2 is 1.97 bits per heavy atom. The fourth-order valence-electron chi connectivity index (χ4n) is 3.25. The minimum absolute atomic E-state index is 0.236. The SMILES string of the molecule is CC(CNCCc1nsc2ccccc12)NS(=O)(=O)c1ccc2cnccc2c1. The van der Waals surface area contributed by atoms with Gasteiger partial charge in [0.05, 0.1) is 15.3 Å². The first-order valence-electron chi connectivity index (χ1n) is 9.43. The van der Waals surface area contributed by atoms with Gasteiger partial charge in [0.15, 0.2) is 0 Å². The molecule has 0 saturated heterocycles. The standard InChI is InChI=1S/C21H22N4O2S2/c1-15(13-22-11-9-20-19-4-2-3-5-21(19)28-24-20)25-29(26,27)18-7-6-17-14-23-10-8-16(17)12-18/h2-8,10,12,14-15,22,25H,9,11,13H2,1H3. The summed E-state index contributed by atoms with van der Waals surface area (Å²) in [6, 6.07) is 14.8. The lowest BCUT2D eigenvalue weighted by Crippen LogP contribution is -2.40. The van der Waals surface area contributed by atoms with Crippen LogP contribution in [0.1, 0.15) is 12.6 Å². The summed E-state index contributed by atoms with van der Waals surface area (Å²) in [5.74, 6) is 0. The van der Waals surface area contributed by atoms with Gasteiger partial charge in [-0.1, -0.05) is 24.3 Å². The van der Waals surface area contributed by atoms with Crippen LogP contribution in [0.5, 0.6) is 0 Å². The van der Waals surface area contributed by atoms with Crippen molar-refractivity contribution in [1.29, 1.82) is 0 Å². The number of pyridine rings is 1. The third-order valence-corrected chi connectivity index (χ3v) is 7.17. The zero-order chi connectivity index (χ0) is 20.3. The van der Waals surface area contributed by atoms with Crippen molar-refractivity contribution in [2.45, 2.75) is 24.3 Å². The molecule has 2 heterocycles. The Hall–Kier alpha value is -2.39. The highest BCUT2D eigenvalue weighted by atomic mass is 32.2. The van der Waals surface area contributed by atoms with Crippen LogP contribution in [-0.2, 0) is 16.4 Å². The van der Waals surface area contributed by atoms with Gasteiger partial charge in [-0.3, -0.25) is 4.98 Å². The predicted molar refractivity (Wildman–Crippen MR) is 118 cm³/mol.